The normalized spacial score (nSPS) is 23.2. The minimum atomic E-state index is -1.11. The summed E-state index contributed by atoms with van der Waals surface area (Å²) in [5.74, 6) is 1.41. The van der Waals surface area contributed by atoms with Gasteiger partial charge in [0.2, 0.25) is 0 Å². The van der Waals surface area contributed by atoms with Crippen LogP contribution in [0.25, 0.3) is 0 Å². The molecule has 3 heterocycles. The molecule has 2 unspecified atom stereocenters. The van der Waals surface area contributed by atoms with E-state index in [0.717, 1.165) is 16.7 Å². The van der Waals surface area contributed by atoms with E-state index in [2.05, 4.69) is 4.98 Å². The van der Waals surface area contributed by atoms with Crippen LogP contribution >= 0.6 is 0 Å². The molecule has 5 atom stereocenters. The van der Waals surface area contributed by atoms with Crippen LogP contribution in [0.15, 0.2) is 94.6 Å². The molecule has 2 fully saturated rings. The molecule has 0 radical (unpaired) electrons. The third kappa shape index (κ3) is 5.27. The van der Waals surface area contributed by atoms with Gasteiger partial charge in [-0.05, 0) is 47.9 Å². The van der Waals surface area contributed by atoms with Crippen LogP contribution in [0.2, 0.25) is 0 Å². The lowest BCUT2D eigenvalue weighted by molar-refractivity contribution is -0.242. The van der Waals surface area contributed by atoms with E-state index in [1.807, 2.05) is 78.9 Å². The molecule has 3 aromatic carbocycles. The van der Waals surface area contributed by atoms with Gasteiger partial charge in [0, 0.05) is 18.2 Å². The van der Waals surface area contributed by atoms with E-state index in [-0.39, 0.29) is 13.0 Å². The summed E-state index contributed by atoms with van der Waals surface area (Å²) < 4.78 is 31.9. The number of aliphatic hydroxyl groups excluding tert-OH is 1. The maximum Gasteiger partial charge on any atom is 0.330 e. The van der Waals surface area contributed by atoms with Crippen molar-refractivity contribution in [3.8, 4) is 11.5 Å². The Balaban J connectivity index is 1.42. The van der Waals surface area contributed by atoms with E-state index in [4.69, 9.17) is 23.7 Å². The molecular formula is C33H34N2O8. The van der Waals surface area contributed by atoms with Crippen LogP contribution in [-0.4, -0.2) is 59.9 Å². The Morgan fingerprint density at radius 2 is 1.47 bits per heavy atom. The van der Waals surface area contributed by atoms with Gasteiger partial charge in [0.05, 0.1) is 26.9 Å². The number of H-pyrrole nitrogens is 1. The minimum Gasteiger partial charge on any atom is -0.497 e. The number of hydrogen-bond acceptors (Lipinski definition) is 8. The van der Waals surface area contributed by atoms with Crippen LogP contribution in [0, 0.1) is 6.92 Å². The summed E-state index contributed by atoms with van der Waals surface area (Å²) in [6, 6.07) is 25.2. The van der Waals surface area contributed by atoms with Crippen molar-refractivity contribution in [3.63, 3.8) is 0 Å². The molecule has 0 amide bonds. The number of aromatic amines is 1. The average molecular weight is 587 g/mol. The van der Waals surface area contributed by atoms with Gasteiger partial charge >= 0.3 is 5.69 Å². The van der Waals surface area contributed by atoms with E-state index >= 15 is 0 Å². The first-order chi connectivity index (χ1) is 20.8. The highest BCUT2D eigenvalue weighted by molar-refractivity contribution is 5.49. The quantitative estimate of drug-likeness (QED) is 0.287. The van der Waals surface area contributed by atoms with Crippen molar-refractivity contribution in [2.45, 2.75) is 49.6 Å². The lowest BCUT2D eigenvalue weighted by Gasteiger charge is -2.40. The second kappa shape index (κ2) is 11.8. The van der Waals surface area contributed by atoms with E-state index in [1.54, 1.807) is 21.1 Å². The molecule has 2 aliphatic rings. The second-order valence-electron chi connectivity index (χ2n) is 10.8. The SMILES string of the molecule is COc1ccc(C(OC[C@@H]2OC(n3cc(C)c(=O)[nH]c3=O)[C@@H]3CC(O)[C@@H]2O3)(c2ccccc2)c2ccc(OC)cc2)cc1. The Kier molecular flexibility index (Phi) is 7.93. The number of aryl methyl sites for hydroxylation is 1. The summed E-state index contributed by atoms with van der Waals surface area (Å²) in [6.07, 6.45) is -1.92. The highest BCUT2D eigenvalue weighted by Crippen LogP contribution is 2.44. The molecule has 0 aliphatic carbocycles. The van der Waals surface area contributed by atoms with Gasteiger partial charge in [0.25, 0.3) is 5.56 Å². The fourth-order valence-electron chi connectivity index (χ4n) is 6.02. The van der Waals surface area contributed by atoms with Gasteiger partial charge in [-0.2, -0.15) is 0 Å². The third-order valence-electron chi connectivity index (χ3n) is 8.24. The summed E-state index contributed by atoms with van der Waals surface area (Å²) in [6.45, 7) is 1.62. The summed E-state index contributed by atoms with van der Waals surface area (Å²) in [4.78, 5) is 27.2. The fourth-order valence-corrected chi connectivity index (χ4v) is 6.02. The minimum absolute atomic E-state index is 0.00891. The van der Waals surface area contributed by atoms with Crippen molar-refractivity contribution in [2.24, 2.45) is 0 Å². The molecular weight excluding hydrogens is 552 g/mol. The summed E-state index contributed by atoms with van der Waals surface area (Å²) in [5, 5.41) is 11.0. The summed E-state index contributed by atoms with van der Waals surface area (Å²) in [7, 11) is 3.23. The molecule has 2 aliphatic heterocycles. The van der Waals surface area contributed by atoms with Crippen LogP contribution < -0.4 is 20.7 Å². The number of fused-ring (bicyclic) bond motifs is 2. The first-order valence-electron chi connectivity index (χ1n) is 14.1. The monoisotopic (exact) mass is 586 g/mol. The van der Waals surface area contributed by atoms with Gasteiger partial charge in [-0.3, -0.25) is 14.3 Å². The molecule has 2 N–H and O–H groups in total. The second-order valence-corrected chi connectivity index (χ2v) is 10.8. The smallest absolute Gasteiger partial charge is 0.330 e. The molecule has 43 heavy (non-hydrogen) atoms. The molecule has 0 spiro atoms. The van der Waals surface area contributed by atoms with Crippen molar-refractivity contribution in [2.75, 3.05) is 20.8 Å². The zero-order valence-corrected chi connectivity index (χ0v) is 24.1. The van der Waals surface area contributed by atoms with Crippen LogP contribution in [0.1, 0.15) is 34.9 Å². The number of hydrogen-bond donors (Lipinski definition) is 2. The molecule has 10 heteroatoms. The summed E-state index contributed by atoms with van der Waals surface area (Å²) in [5.41, 5.74) is 0.734. The van der Waals surface area contributed by atoms with Crippen molar-refractivity contribution >= 4 is 0 Å². The third-order valence-corrected chi connectivity index (χ3v) is 8.24. The van der Waals surface area contributed by atoms with Crippen LogP contribution in [-0.2, 0) is 19.8 Å². The average Bonchev–Trinajstić information content (AvgIpc) is 3.37. The predicted molar refractivity (Wildman–Crippen MR) is 158 cm³/mol. The van der Waals surface area contributed by atoms with Gasteiger partial charge in [0.15, 0.2) is 6.23 Å². The number of ether oxygens (including phenoxy) is 5. The first kappa shape index (κ1) is 28.9. The topological polar surface area (TPSA) is 121 Å². The van der Waals surface area contributed by atoms with Crippen molar-refractivity contribution in [1.29, 1.82) is 0 Å². The number of nitrogens with zero attached hydrogens (tertiary/aromatic N) is 1. The molecule has 2 saturated heterocycles. The Morgan fingerprint density at radius 1 is 0.884 bits per heavy atom. The maximum atomic E-state index is 12.8. The Hall–Kier alpha value is -4.22. The van der Waals surface area contributed by atoms with Gasteiger partial charge in [-0.1, -0.05) is 54.6 Å². The lowest BCUT2D eigenvalue weighted by Crippen LogP contribution is -2.50. The first-order valence-corrected chi connectivity index (χ1v) is 14.1. The zero-order valence-electron chi connectivity index (χ0n) is 24.1. The number of aromatic nitrogens is 2. The van der Waals surface area contributed by atoms with Gasteiger partial charge in [-0.25, -0.2) is 4.79 Å². The number of rotatable bonds is 9. The van der Waals surface area contributed by atoms with E-state index in [0.29, 0.717) is 17.1 Å². The predicted octanol–water partition coefficient (Wildman–Crippen LogP) is 3.29. The van der Waals surface area contributed by atoms with Crippen LogP contribution in [0.3, 0.4) is 0 Å². The molecule has 1 aromatic heterocycles. The van der Waals surface area contributed by atoms with Crippen LogP contribution in [0.4, 0.5) is 0 Å². The highest BCUT2D eigenvalue weighted by Gasteiger charge is 2.51. The fraction of sp³-hybridized carbons (Fsp3) is 0.333. The van der Waals surface area contributed by atoms with E-state index < -0.39 is 47.5 Å². The van der Waals surface area contributed by atoms with E-state index in [9.17, 15) is 14.7 Å². The Morgan fingerprint density at radius 3 is 2.05 bits per heavy atom. The number of aliphatic hydroxyl groups is 1. The van der Waals surface area contributed by atoms with Crippen molar-refractivity contribution < 1.29 is 28.8 Å². The van der Waals surface area contributed by atoms with Crippen molar-refractivity contribution in [1.82, 2.24) is 9.55 Å². The maximum absolute atomic E-state index is 12.8. The van der Waals surface area contributed by atoms with Gasteiger partial charge in [-0.15, -0.1) is 0 Å². The number of benzene rings is 3. The molecule has 4 aromatic rings. The highest BCUT2D eigenvalue weighted by atomic mass is 16.6. The summed E-state index contributed by atoms with van der Waals surface area (Å²) >= 11 is 0. The zero-order chi connectivity index (χ0) is 30.1. The largest absolute Gasteiger partial charge is 0.497 e. The van der Waals surface area contributed by atoms with Crippen LogP contribution in [0.5, 0.6) is 11.5 Å². The van der Waals surface area contributed by atoms with Crippen molar-refractivity contribution in [3.05, 3.63) is 128 Å². The standard InChI is InChI=1S/C33H34N2O8/c1-20-18-35(32(38)34-30(20)37)31-27-17-26(36)29(42-27)28(43-31)19-41-33(21-7-5-4-6-8-21,22-9-13-24(39-2)14-10-22)23-11-15-25(40-3)16-12-23/h4-16,18,26-29,31,36H,17,19H2,1-3H3,(H,34,37,38)/t26?,27-,28-,29-,31?/m0/s1. The van der Waals surface area contributed by atoms with Gasteiger partial charge in [0.1, 0.15) is 35.4 Å². The molecule has 224 valence electrons. The van der Waals surface area contributed by atoms with E-state index in [1.165, 1.54) is 10.8 Å². The Labute approximate surface area is 248 Å². The molecule has 2 bridgehead atoms. The number of nitrogens with one attached hydrogen (secondary N) is 1. The van der Waals surface area contributed by atoms with Gasteiger partial charge < -0.3 is 28.8 Å². The molecule has 6 rings (SSSR count). The Bertz CT molecular complexity index is 1620. The number of methoxy groups -OCH3 is 2. The molecule has 10 nitrogen and oxygen atoms in total. The lowest BCUT2D eigenvalue weighted by atomic mass is 9.80. The molecule has 0 saturated carbocycles.